The molecule has 0 spiro atoms. The monoisotopic (exact) mass is 385 g/mol. The Hall–Kier alpha value is -1.81. The third kappa shape index (κ3) is 4.06. The highest BCUT2D eigenvalue weighted by Gasteiger charge is 2.35. The lowest BCUT2D eigenvalue weighted by Crippen LogP contribution is -2.44. The van der Waals surface area contributed by atoms with Gasteiger partial charge in [0, 0.05) is 12.6 Å². The molecule has 0 saturated carbocycles. The lowest BCUT2D eigenvalue weighted by atomic mass is 10.2. The molecule has 0 aromatic carbocycles. The maximum atomic E-state index is 12.7. The molecule has 0 unspecified atom stereocenters. The van der Waals surface area contributed by atoms with Gasteiger partial charge in [0.25, 0.3) is 11.1 Å². The lowest BCUT2D eigenvalue weighted by molar-refractivity contribution is -0.131. The highest BCUT2D eigenvalue weighted by molar-refractivity contribution is 8.00. The average molecular weight is 385 g/mol. The summed E-state index contributed by atoms with van der Waals surface area (Å²) in [4.78, 5) is 14.3. The molecular weight excluding hydrogens is 366 g/mol. The van der Waals surface area contributed by atoms with E-state index >= 15 is 0 Å². The van der Waals surface area contributed by atoms with Crippen molar-refractivity contribution in [3.63, 3.8) is 0 Å². The van der Waals surface area contributed by atoms with Crippen molar-refractivity contribution in [1.29, 1.82) is 0 Å². The largest absolute Gasteiger partial charge is 0.459 e. The maximum absolute atomic E-state index is 12.7. The van der Waals surface area contributed by atoms with Gasteiger partial charge in [0.05, 0.1) is 23.0 Å². The van der Waals surface area contributed by atoms with Crippen molar-refractivity contribution in [2.75, 3.05) is 18.1 Å². The minimum absolute atomic E-state index is 0.0349. The zero-order valence-electron chi connectivity index (χ0n) is 13.9. The molecule has 136 valence electrons. The molecule has 3 heterocycles. The number of aromatic nitrogens is 2. The number of thioether (sulfide) groups is 1. The van der Waals surface area contributed by atoms with E-state index in [2.05, 4.69) is 10.2 Å². The van der Waals surface area contributed by atoms with Crippen LogP contribution in [0.15, 0.2) is 32.5 Å². The van der Waals surface area contributed by atoms with E-state index in [0.717, 1.165) is 11.8 Å². The first-order chi connectivity index (χ1) is 11.9. The fourth-order valence-electron chi connectivity index (χ4n) is 2.81. The van der Waals surface area contributed by atoms with E-state index in [4.69, 9.17) is 8.83 Å². The Balaban J connectivity index is 1.65. The van der Waals surface area contributed by atoms with E-state index in [-0.39, 0.29) is 34.6 Å². The van der Waals surface area contributed by atoms with Gasteiger partial charge in [0.2, 0.25) is 5.91 Å². The second kappa shape index (κ2) is 7.20. The van der Waals surface area contributed by atoms with Crippen molar-refractivity contribution in [2.45, 2.75) is 36.8 Å². The first kappa shape index (κ1) is 18.0. The van der Waals surface area contributed by atoms with Crippen LogP contribution in [0.4, 0.5) is 0 Å². The summed E-state index contributed by atoms with van der Waals surface area (Å²) in [6, 6.07) is 3.16. The van der Waals surface area contributed by atoms with Crippen LogP contribution in [0, 0.1) is 0 Å². The molecule has 3 rings (SSSR count). The minimum atomic E-state index is -3.04. The number of rotatable bonds is 6. The highest BCUT2D eigenvalue weighted by atomic mass is 32.2. The van der Waals surface area contributed by atoms with Gasteiger partial charge in [-0.05, 0) is 32.4 Å². The summed E-state index contributed by atoms with van der Waals surface area (Å²) in [5.74, 6) is 0.755. The van der Waals surface area contributed by atoms with Gasteiger partial charge >= 0.3 is 0 Å². The van der Waals surface area contributed by atoms with E-state index in [1.54, 1.807) is 24.0 Å². The lowest BCUT2D eigenvalue weighted by Gasteiger charge is -2.28. The van der Waals surface area contributed by atoms with Gasteiger partial charge < -0.3 is 13.7 Å². The van der Waals surface area contributed by atoms with Crippen LogP contribution in [-0.4, -0.2) is 58.8 Å². The Kier molecular flexibility index (Phi) is 5.19. The molecule has 1 fully saturated rings. The van der Waals surface area contributed by atoms with Crippen LogP contribution >= 0.6 is 11.8 Å². The SMILES string of the molecule is CCN(C(=O)[C@H](C)Sc1nnc(-c2ccco2)o1)[C@@H]1CCS(=O)(=O)C1. The molecule has 1 aliphatic rings. The van der Waals surface area contributed by atoms with Crippen LogP contribution < -0.4 is 0 Å². The minimum Gasteiger partial charge on any atom is -0.459 e. The van der Waals surface area contributed by atoms with Crippen molar-refractivity contribution < 1.29 is 22.0 Å². The van der Waals surface area contributed by atoms with E-state index < -0.39 is 15.1 Å². The first-order valence-electron chi connectivity index (χ1n) is 7.94. The Morgan fingerprint density at radius 2 is 2.28 bits per heavy atom. The molecular formula is C15H19N3O5S2. The Morgan fingerprint density at radius 3 is 2.88 bits per heavy atom. The smallest absolute Gasteiger partial charge is 0.284 e. The first-order valence-corrected chi connectivity index (χ1v) is 10.6. The molecule has 0 aliphatic carbocycles. The number of sulfone groups is 1. The molecule has 0 radical (unpaired) electrons. The molecule has 1 amide bonds. The summed E-state index contributed by atoms with van der Waals surface area (Å²) < 4.78 is 34.0. The van der Waals surface area contributed by atoms with E-state index in [0.29, 0.717) is 18.7 Å². The third-order valence-corrected chi connectivity index (χ3v) is 6.71. The van der Waals surface area contributed by atoms with Gasteiger partial charge in [-0.2, -0.15) is 0 Å². The predicted octanol–water partition coefficient (Wildman–Crippen LogP) is 1.85. The predicted molar refractivity (Wildman–Crippen MR) is 91.8 cm³/mol. The van der Waals surface area contributed by atoms with Crippen LogP contribution in [0.1, 0.15) is 20.3 Å². The molecule has 25 heavy (non-hydrogen) atoms. The molecule has 0 N–H and O–H groups in total. The topological polar surface area (TPSA) is 107 Å². The molecule has 2 aromatic rings. The second-order valence-electron chi connectivity index (χ2n) is 5.79. The summed E-state index contributed by atoms with van der Waals surface area (Å²) in [5.41, 5.74) is 0. The summed E-state index contributed by atoms with van der Waals surface area (Å²) in [5, 5.41) is 7.62. The van der Waals surface area contributed by atoms with Crippen molar-refractivity contribution in [2.24, 2.45) is 0 Å². The van der Waals surface area contributed by atoms with Gasteiger partial charge in [-0.3, -0.25) is 4.79 Å². The number of nitrogens with zero attached hydrogens (tertiary/aromatic N) is 3. The zero-order valence-corrected chi connectivity index (χ0v) is 15.5. The van der Waals surface area contributed by atoms with Crippen molar-refractivity contribution in [1.82, 2.24) is 15.1 Å². The molecule has 1 saturated heterocycles. The van der Waals surface area contributed by atoms with Crippen LogP contribution in [0.5, 0.6) is 0 Å². The van der Waals surface area contributed by atoms with E-state index in [9.17, 15) is 13.2 Å². The molecule has 2 atom stereocenters. The van der Waals surface area contributed by atoms with Crippen molar-refractivity contribution >= 4 is 27.5 Å². The van der Waals surface area contributed by atoms with Gasteiger partial charge in [0.1, 0.15) is 0 Å². The Morgan fingerprint density at radius 1 is 1.48 bits per heavy atom. The summed E-state index contributed by atoms with van der Waals surface area (Å²) >= 11 is 1.15. The quantitative estimate of drug-likeness (QED) is 0.694. The molecule has 1 aliphatic heterocycles. The van der Waals surface area contributed by atoms with Crippen molar-refractivity contribution in [3.05, 3.63) is 18.4 Å². The average Bonchev–Trinajstić information content (AvgIpc) is 3.28. The van der Waals surface area contributed by atoms with Crippen LogP contribution in [0.2, 0.25) is 0 Å². The zero-order chi connectivity index (χ0) is 18.0. The van der Waals surface area contributed by atoms with Gasteiger partial charge in [-0.25, -0.2) is 8.42 Å². The Labute approximate surface area is 149 Å². The number of furan rings is 1. The summed E-state index contributed by atoms with van der Waals surface area (Å²) in [6.45, 7) is 4.06. The van der Waals surface area contributed by atoms with Crippen LogP contribution in [-0.2, 0) is 14.6 Å². The normalized spacial score (nSPS) is 20.5. The third-order valence-electron chi connectivity index (χ3n) is 4.04. The van der Waals surface area contributed by atoms with Gasteiger partial charge in [0.15, 0.2) is 15.6 Å². The highest BCUT2D eigenvalue weighted by Crippen LogP contribution is 2.28. The maximum Gasteiger partial charge on any atom is 0.284 e. The number of hydrogen-bond donors (Lipinski definition) is 0. The fraction of sp³-hybridized carbons (Fsp3) is 0.533. The standard InChI is InChI=1S/C15H19N3O5S2/c1-3-18(11-6-8-25(20,21)9-11)14(19)10(2)24-15-17-16-13(23-15)12-5-4-7-22-12/h4-5,7,10-11H,3,6,8-9H2,1-2H3/t10-,11+/m0/s1. The van der Waals surface area contributed by atoms with E-state index in [1.807, 2.05) is 6.92 Å². The van der Waals surface area contributed by atoms with Gasteiger partial charge in [-0.15, -0.1) is 10.2 Å². The number of hydrogen-bond acceptors (Lipinski definition) is 8. The Bertz CT molecular complexity index is 831. The van der Waals surface area contributed by atoms with E-state index in [1.165, 1.54) is 6.26 Å². The van der Waals surface area contributed by atoms with Crippen LogP contribution in [0.25, 0.3) is 11.7 Å². The van der Waals surface area contributed by atoms with Crippen molar-refractivity contribution in [3.8, 4) is 11.7 Å². The summed E-state index contributed by atoms with van der Waals surface area (Å²) in [7, 11) is -3.04. The molecule has 0 bridgehead atoms. The number of amides is 1. The fourth-order valence-corrected chi connectivity index (χ4v) is 5.29. The molecule has 8 nitrogen and oxygen atoms in total. The molecule has 2 aromatic heterocycles. The van der Waals surface area contributed by atoms with Crippen LogP contribution in [0.3, 0.4) is 0 Å². The second-order valence-corrected chi connectivity index (χ2v) is 9.31. The number of carbonyl (C=O) groups is 1. The summed E-state index contributed by atoms with van der Waals surface area (Å²) in [6.07, 6.45) is 2.00. The molecule has 10 heteroatoms. The van der Waals surface area contributed by atoms with Gasteiger partial charge in [-0.1, -0.05) is 11.8 Å². The number of carbonyl (C=O) groups excluding carboxylic acids is 1.